The summed E-state index contributed by atoms with van der Waals surface area (Å²) in [6, 6.07) is 9.60. The van der Waals surface area contributed by atoms with Gasteiger partial charge in [-0.05, 0) is 19.4 Å². The number of rotatable bonds is 5. The highest BCUT2D eigenvalue weighted by Crippen LogP contribution is 2.11. The van der Waals surface area contributed by atoms with Gasteiger partial charge in [-0.2, -0.15) is 4.98 Å². The zero-order valence-electron chi connectivity index (χ0n) is 10.8. The molecular formula is C13H15N3O3. The van der Waals surface area contributed by atoms with E-state index in [1.807, 2.05) is 37.3 Å². The number of carbonyl (C=O) groups excluding carboxylic acids is 1. The molecule has 19 heavy (non-hydrogen) atoms. The van der Waals surface area contributed by atoms with Crippen LogP contribution in [0.4, 0.5) is 0 Å². The van der Waals surface area contributed by atoms with Crippen LogP contribution in [0.25, 0.3) is 0 Å². The molecule has 0 saturated carbocycles. The summed E-state index contributed by atoms with van der Waals surface area (Å²) in [6.07, 6.45) is 0.0000131. The Bertz CT molecular complexity index is 539. The molecular weight excluding hydrogens is 246 g/mol. The summed E-state index contributed by atoms with van der Waals surface area (Å²) in [5.74, 6) is 0.222. The van der Waals surface area contributed by atoms with Gasteiger partial charge in [0.1, 0.15) is 0 Å². The third kappa shape index (κ3) is 3.80. The van der Waals surface area contributed by atoms with Crippen LogP contribution in [-0.2, 0) is 4.79 Å². The van der Waals surface area contributed by atoms with Crippen molar-refractivity contribution in [1.82, 2.24) is 15.5 Å². The van der Waals surface area contributed by atoms with E-state index in [0.29, 0.717) is 5.82 Å². The van der Waals surface area contributed by atoms with Crippen molar-refractivity contribution in [3.05, 3.63) is 41.7 Å². The van der Waals surface area contributed by atoms with Gasteiger partial charge in [-0.3, -0.25) is 9.32 Å². The summed E-state index contributed by atoms with van der Waals surface area (Å²) in [4.78, 5) is 15.5. The fraction of sp³-hybridized carbons (Fsp3) is 0.308. The molecule has 100 valence electrons. The van der Waals surface area contributed by atoms with Gasteiger partial charge in [0.25, 0.3) is 5.91 Å². The van der Waals surface area contributed by atoms with Crippen molar-refractivity contribution in [3.8, 4) is 6.08 Å². The molecule has 0 bridgehead atoms. The van der Waals surface area contributed by atoms with Gasteiger partial charge in [0, 0.05) is 0 Å². The second kappa shape index (κ2) is 5.99. The molecule has 2 aromatic rings. The molecule has 1 atom stereocenters. The molecule has 0 aliphatic heterocycles. The second-order valence-electron chi connectivity index (χ2n) is 4.10. The number of hydrogen-bond acceptors (Lipinski definition) is 5. The summed E-state index contributed by atoms with van der Waals surface area (Å²) in [6.45, 7) is 3.43. The molecule has 0 aliphatic carbocycles. The Morgan fingerprint density at radius 1 is 1.42 bits per heavy atom. The summed E-state index contributed by atoms with van der Waals surface area (Å²) < 4.78 is 9.81. The van der Waals surface area contributed by atoms with Gasteiger partial charge in [0.2, 0.25) is 0 Å². The predicted molar refractivity (Wildman–Crippen MR) is 67.5 cm³/mol. The average Bonchev–Trinajstić information content (AvgIpc) is 2.83. The van der Waals surface area contributed by atoms with Gasteiger partial charge in [-0.1, -0.05) is 35.5 Å². The van der Waals surface area contributed by atoms with E-state index in [2.05, 4.69) is 15.5 Å². The molecule has 1 heterocycles. The van der Waals surface area contributed by atoms with Crippen LogP contribution in [0.2, 0.25) is 0 Å². The van der Waals surface area contributed by atoms with Gasteiger partial charge in [0.15, 0.2) is 12.4 Å². The fourth-order valence-electron chi connectivity index (χ4n) is 1.57. The lowest BCUT2D eigenvalue weighted by molar-refractivity contribution is -0.124. The summed E-state index contributed by atoms with van der Waals surface area (Å²) >= 11 is 0. The number of amides is 1. The Kier molecular flexibility index (Phi) is 4.12. The number of nitrogens with one attached hydrogen (secondary N) is 1. The second-order valence-corrected chi connectivity index (χ2v) is 4.10. The maximum absolute atomic E-state index is 11.7. The van der Waals surface area contributed by atoms with Crippen LogP contribution in [0.1, 0.15) is 24.4 Å². The minimum atomic E-state index is -0.243. The highest BCUT2D eigenvalue weighted by Gasteiger charge is 2.11. The van der Waals surface area contributed by atoms with E-state index in [9.17, 15) is 4.79 Å². The molecule has 6 heteroatoms. The van der Waals surface area contributed by atoms with Gasteiger partial charge in [-0.25, -0.2) is 0 Å². The minimum Gasteiger partial charge on any atom is -0.439 e. The molecule has 0 spiro atoms. The first-order valence-corrected chi connectivity index (χ1v) is 5.92. The quantitative estimate of drug-likeness (QED) is 0.885. The van der Waals surface area contributed by atoms with E-state index >= 15 is 0 Å². The molecule has 1 amide bonds. The molecule has 1 N–H and O–H groups in total. The Morgan fingerprint density at radius 3 is 2.79 bits per heavy atom. The highest BCUT2D eigenvalue weighted by atomic mass is 16.6. The highest BCUT2D eigenvalue weighted by molar-refractivity contribution is 5.77. The fourth-order valence-corrected chi connectivity index (χ4v) is 1.57. The van der Waals surface area contributed by atoms with Crippen molar-refractivity contribution in [2.45, 2.75) is 19.9 Å². The molecule has 0 fully saturated rings. The number of aryl methyl sites for hydroxylation is 1. The standard InChI is InChI=1S/C13H15N3O3/c1-9(11-6-4-3-5-7-11)14-12(17)8-18-13-15-10(2)16-19-13/h3-7,9H,8H2,1-2H3,(H,14,17). The SMILES string of the molecule is Cc1noc(OCC(=O)NC(C)c2ccccc2)n1. The summed E-state index contributed by atoms with van der Waals surface area (Å²) in [5.41, 5.74) is 1.03. The smallest absolute Gasteiger partial charge is 0.417 e. The van der Waals surface area contributed by atoms with E-state index in [4.69, 9.17) is 9.26 Å². The molecule has 2 rings (SSSR count). The van der Waals surface area contributed by atoms with Crippen LogP contribution in [0.15, 0.2) is 34.9 Å². The van der Waals surface area contributed by atoms with Crippen LogP contribution in [0.5, 0.6) is 6.08 Å². The van der Waals surface area contributed by atoms with Crippen molar-refractivity contribution >= 4 is 5.91 Å². The Labute approximate surface area is 110 Å². The summed E-state index contributed by atoms with van der Waals surface area (Å²) in [7, 11) is 0. The van der Waals surface area contributed by atoms with E-state index in [-0.39, 0.29) is 24.6 Å². The first-order valence-electron chi connectivity index (χ1n) is 5.92. The van der Waals surface area contributed by atoms with Crippen molar-refractivity contribution in [2.75, 3.05) is 6.61 Å². The minimum absolute atomic E-state index is 0.0000131. The average molecular weight is 261 g/mol. The lowest BCUT2D eigenvalue weighted by Crippen LogP contribution is -2.31. The van der Waals surface area contributed by atoms with E-state index in [0.717, 1.165) is 5.56 Å². The number of nitrogens with zero attached hydrogens (tertiary/aromatic N) is 2. The predicted octanol–water partition coefficient (Wildman–Crippen LogP) is 1.63. The maximum atomic E-state index is 11.7. The largest absolute Gasteiger partial charge is 0.439 e. The van der Waals surface area contributed by atoms with E-state index in [1.54, 1.807) is 6.92 Å². The number of benzene rings is 1. The molecule has 0 saturated heterocycles. The van der Waals surface area contributed by atoms with Crippen LogP contribution >= 0.6 is 0 Å². The van der Waals surface area contributed by atoms with E-state index < -0.39 is 0 Å². The van der Waals surface area contributed by atoms with Gasteiger partial charge in [-0.15, -0.1) is 0 Å². The third-order valence-electron chi connectivity index (χ3n) is 2.51. The van der Waals surface area contributed by atoms with Crippen LogP contribution in [-0.4, -0.2) is 22.7 Å². The van der Waals surface area contributed by atoms with Gasteiger partial charge in [0.05, 0.1) is 6.04 Å². The Balaban J connectivity index is 1.81. The number of carbonyl (C=O) groups is 1. The number of aromatic nitrogens is 2. The van der Waals surface area contributed by atoms with Crippen molar-refractivity contribution in [2.24, 2.45) is 0 Å². The molecule has 6 nitrogen and oxygen atoms in total. The van der Waals surface area contributed by atoms with E-state index in [1.165, 1.54) is 0 Å². The molecule has 1 aromatic carbocycles. The van der Waals surface area contributed by atoms with Crippen molar-refractivity contribution < 1.29 is 14.1 Å². The lowest BCUT2D eigenvalue weighted by atomic mass is 10.1. The molecule has 1 aromatic heterocycles. The molecule has 0 radical (unpaired) electrons. The van der Waals surface area contributed by atoms with Crippen molar-refractivity contribution in [1.29, 1.82) is 0 Å². The first kappa shape index (κ1) is 13.1. The monoisotopic (exact) mass is 261 g/mol. The van der Waals surface area contributed by atoms with Gasteiger partial charge >= 0.3 is 6.08 Å². The van der Waals surface area contributed by atoms with Crippen LogP contribution in [0.3, 0.4) is 0 Å². The molecule has 1 unspecified atom stereocenters. The normalized spacial score (nSPS) is 11.9. The van der Waals surface area contributed by atoms with Gasteiger partial charge < -0.3 is 10.1 Å². The number of hydrogen-bond donors (Lipinski definition) is 1. The molecule has 0 aliphatic rings. The van der Waals surface area contributed by atoms with Crippen LogP contribution < -0.4 is 10.1 Å². The first-order chi connectivity index (χ1) is 9.15. The topological polar surface area (TPSA) is 77.2 Å². The Morgan fingerprint density at radius 2 is 2.16 bits per heavy atom. The zero-order chi connectivity index (χ0) is 13.7. The lowest BCUT2D eigenvalue weighted by Gasteiger charge is -2.13. The zero-order valence-corrected chi connectivity index (χ0v) is 10.8. The maximum Gasteiger partial charge on any atom is 0.417 e. The van der Waals surface area contributed by atoms with Crippen LogP contribution in [0, 0.1) is 6.92 Å². The van der Waals surface area contributed by atoms with Crippen molar-refractivity contribution in [3.63, 3.8) is 0 Å². The third-order valence-corrected chi connectivity index (χ3v) is 2.51. The summed E-state index contributed by atoms with van der Waals surface area (Å²) in [5, 5.41) is 6.38. The number of ether oxygens (including phenoxy) is 1. The Hall–Kier alpha value is -2.37.